The molecule has 5 nitrogen and oxygen atoms in total. The molecule has 0 aliphatic carbocycles. The number of anilines is 1. The van der Waals surface area contributed by atoms with Gasteiger partial charge < -0.3 is 10.4 Å². The van der Waals surface area contributed by atoms with Crippen LogP contribution in [-0.4, -0.2) is 41.0 Å². The van der Waals surface area contributed by atoms with Crippen LogP contribution >= 0.6 is 0 Å². The molecule has 0 radical (unpaired) electrons. The van der Waals surface area contributed by atoms with Gasteiger partial charge in [-0.1, -0.05) is 25.1 Å². The molecule has 0 spiro atoms. The molecule has 116 valence electrons. The van der Waals surface area contributed by atoms with E-state index in [2.05, 4.69) is 5.32 Å². The number of rotatable bonds is 7. The lowest BCUT2D eigenvalue weighted by molar-refractivity contribution is -0.139. The molecule has 0 saturated carbocycles. The maximum Gasteiger partial charge on any atom is 0.317 e. The minimum Gasteiger partial charge on any atom is -0.480 e. The van der Waals surface area contributed by atoms with Crippen molar-refractivity contribution in [2.75, 3.05) is 18.4 Å². The van der Waals surface area contributed by atoms with Gasteiger partial charge in [0.05, 0.1) is 12.6 Å². The van der Waals surface area contributed by atoms with Crippen LogP contribution in [0.1, 0.15) is 31.4 Å². The topological polar surface area (TPSA) is 69.6 Å². The molecular weight excluding hydrogens is 268 g/mol. The second-order valence-corrected chi connectivity index (χ2v) is 5.30. The quantitative estimate of drug-likeness (QED) is 0.810. The molecular formula is C16H24N2O3. The number of carboxylic acid groups (broad SMARTS) is 1. The molecule has 1 atom stereocenters. The van der Waals surface area contributed by atoms with E-state index >= 15 is 0 Å². The molecule has 0 aliphatic heterocycles. The van der Waals surface area contributed by atoms with E-state index in [1.54, 1.807) is 11.8 Å². The lowest BCUT2D eigenvalue weighted by Gasteiger charge is -2.26. The number of aryl methyl sites for hydroxylation is 2. The third kappa shape index (κ3) is 4.86. The number of hydrogen-bond donors (Lipinski definition) is 2. The molecule has 1 amide bonds. The lowest BCUT2D eigenvalue weighted by Crippen LogP contribution is -2.45. The van der Waals surface area contributed by atoms with E-state index < -0.39 is 12.0 Å². The van der Waals surface area contributed by atoms with Crippen LogP contribution in [0, 0.1) is 13.8 Å². The zero-order chi connectivity index (χ0) is 16.0. The number of carbonyl (C=O) groups excluding carboxylic acids is 1. The van der Waals surface area contributed by atoms with Crippen molar-refractivity contribution in [1.29, 1.82) is 0 Å². The lowest BCUT2D eigenvalue weighted by atomic mass is 10.1. The summed E-state index contributed by atoms with van der Waals surface area (Å²) in [6.07, 6.45) is 0.800. The fraction of sp³-hybridized carbons (Fsp3) is 0.500. The van der Waals surface area contributed by atoms with Crippen molar-refractivity contribution in [2.24, 2.45) is 0 Å². The number of carbonyl (C=O) groups is 2. The van der Waals surface area contributed by atoms with Crippen molar-refractivity contribution in [3.8, 4) is 0 Å². The molecule has 0 heterocycles. The number of hydrogen-bond acceptors (Lipinski definition) is 3. The Hall–Kier alpha value is -1.88. The molecule has 1 aromatic rings. The van der Waals surface area contributed by atoms with Gasteiger partial charge in [-0.15, -0.1) is 0 Å². The smallest absolute Gasteiger partial charge is 0.317 e. The van der Waals surface area contributed by atoms with E-state index in [0.717, 1.165) is 23.2 Å². The molecule has 2 N–H and O–H groups in total. The van der Waals surface area contributed by atoms with E-state index in [9.17, 15) is 9.59 Å². The highest BCUT2D eigenvalue weighted by Gasteiger charge is 2.23. The van der Waals surface area contributed by atoms with Crippen LogP contribution in [0.25, 0.3) is 0 Å². The number of benzene rings is 1. The largest absolute Gasteiger partial charge is 0.480 e. The van der Waals surface area contributed by atoms with E-state index in [1.807, 2.05) is 39.0 Å². The van der Waals surface area contributed by atoms with Crippen molar-refractivity contribution >= 4 is 17.6 Å². The SMILES string of the molecule is CCCN(CC(=O)O)C(C)C(=O)Nc1c(C)cccc1C. The van der Waals surface area contributed by atoms with E-state index in [4.69, 9.17) is 5.11 Å². The number of nitrogens with zero attached hydrogens (tertiary/aromatic N) is 1. The Morgan fingerprint density at radius 1 is 1.29 bits per heavy atom. The average molecular weight is 292 g/mol. The summed E-state index contributed by atoms with van der Waals surface area (Å²) in [5.41, 5.74) is 2.80. The normalized spacial score (nSPS) is 12.2. The van der Waals surface area contributed by atoms with Crippen molar-refractivity contribution in [3.05, 3.63) is 29.3 Å². The van der Waals surface area contributed by atoms with Crippen LogP contribution < -0.4 is 5.32 Å². The standard InChI is InChI=1S/C16H24N2O3/c1-5-9-18(10-14(19)20)13(4)16(21)17-15-11(2)7-6-8-12(15)3/h6-8,13H,5,9-10H2,1-4H3,(H,17,21)(H,19,20). The zero-order valence-electron chi connectivity index (χ0n) is 13.1. The van der Waals surface area contributed by atoms with Gasteiger partial charge in [0.15, 0.2) is 0 Å². The van der Waals surface area contributed by atoms with Crippen molar-refractivity contribution < 1.29 is 14.7 Å². The van der Waals surface area contributed by atoms with Gasteiger partial charge in [0.1, 0.15) is 0 Å². The Labute approximate surface area is 126 Å². The van der Waals surface area contributed by atoms with Crippen LogP contribution in [0.5, 0.6) is 0 Å². The van der Waals surface area contributed by atoms with Gasteiger partial charge in [0.2, 0.25) is 5.91 Å². The molecule has 0 fully saturated rings. The summed E-state index contributed by atoms with van der Waals surface area (Å²) in [7, 11) is 0. The van der Waals surface area contributed by atoms with Crippen molar-refractivity contribution in [3.63, 3.8) is 0 Å². The Morgan fingerprint density at radius 3 is 2.33 bits per heavy atom. The predicted octanol–water partition coefficient (Wildman–Crippen LogP) is 2.43. The third-order valence-corrected chi connectivity index (χ3v) is 3.51. The highest BCUT2D eigenvalue weighted by atomic mass is 16.4. The third-order valence-electron chi connectivity index (χ3n) is 3.51. The number of carboxylic acids is 1. The van der Waals surface area contributed by atoms with Crippen molar-refractivity contribution in [1.82, 2.24) is 4.90 Å². The minimum absolute atomic E-state index is 0.130. The maximum atomic E-state index is 12.4. The molecule has 1 rings (SSSR count). The first-order chi connectivity index (χ1) is 9.86. The van der Waals surface area contributed by atoms with Gasteiger partial charge in [-0.05, 0) is 44.9 Å². The fourth-order valence-electron chi connectivity index (χ4n) is 2.28. The van der Waals surface area contributed by atoms with Gasteiger partial charge in [-0.25, -0.2) is 0 Å². The highest BCUT2D eigenvalue weighted by molar-refractivity contribution is 5.96. The van der Waals surface area contributed by atoms with E-state index in [1.165, 1.54) is 0 Å². The Bertz CT molecular complexity index is 494. The first-order valence-corrected chi connectivity index (χ1v) is 7.19. The molecule has 5 heteroatoms. The Kier molecular flexibility index (Phi) is 6.37. The Balaban J connectivity index is 2.83. The monoisotopic (exact) mass is 292 g/mol. The molecule has 1 unspecified atom stereocenters. The summed E-state index contributed by atoms with van der Waals surface area (Å²) < 4.78 is 0. The summed E-state index contributed by atoms with van der Waals surface area (Å²) in [5, 5.41) is 11.9. The van der Waals surface area contributed by atoms with Gasteiger partial charge in [-0.3, -0.25) is 14.5 Å². The summed E-state index contributed by atoms with van der Waals surface area (Å²) in [6.45, 7) is 8.03. The Morgan fingerprint density at radius 2 is 1.86 bits per heavy atom. The summed E-state index contributed by atoms with van der Waals surface area (Å²) >= 11 is 0. The van der Waals surface area contributed by atoms with Crippen LogP contribution in [0.15, 0.2) is 18.2 Å². The summed E-state index contributed by atoms with van der Waals surface area (Å²) in [4.78, 5) is 24.9. The molecule has 1 aromatic carbocycles. The van der Waals surface area contributed by atoms with Crippen LogP contribution in [0.2, 0.25) is 0 Å². The molecule has 0 bridgehead atoms. The van der Waals surface area contributed by atoms with Crippen molar-refractivity contribution in [2.45, 2.75) is 40.2 Å². The number of amides is 1. The summed E-state index contributed by atoms with van der Waals surface area (Å²) in [6, 6.07) is 5.33. The van der Waals surface area contributed by atoms with E-state index in [0.29, 0.717) is 6.54 Å². The zero-order valence-corrected chi connectivity index (χ0v) is 13.1. The second-order valence-electron chi connectivity index (χ2n) is 5.30. The van der Waals surface area contributed by atoms with Gasteiger partial charge >= 0.3 is 5.97 Å². The fourth-order valence-corrected chi connectivity index (χ4v) is 2.28. The second kappa shape index (κ2) is 7.78. The average Bonchev–Trinajstić information content (AvgIpc) is 2.41. The van der Waals surface area contributed by atoms with E-state index in [-0.39, 0.29) is 12.5 Å². The predicted molar refractivity (Wildman–Crippen MR) is 83.5 cm³/mol. The first kappa shape index (κ1) is 17.2. The highest BCUT2D eigenvalue weighted by Crippen LogP contribution is 2.20. The van der Waals surface area contributed by atoms with Gasteiger partial charge in [0, 0.05) is 5.69 Å². The molecule has 0 aliphatic rings. The van der Waals surface area contributed by atoms with Gasteiger partial charge in [-0.2, -0.15) is 0 Å². The molecule has 0 saturated heterocycles. The summed E-state index contributed by atoms with van der Waals surface area (Å²) in [5.74, 6) is -1.10. The minimum atomic E-state index is -0.921. The van der Waals surface area contributed by atoms with Crippen LogP contribution in [-0.2, 0) is 9.59 Å². The first-order valence-electron chi connectivity index (χ1n) is 7.19. The molecule has 0 aromatic heterocycles. The van der Waals surface area contributed by atoms with Crippen LogP contribution in [0.4, 0.5) is 5.69 Å². The van der Waals surface area contributed by atoms with Gasteiger partial charge in [0.25, 0.3) is 0 Å². The number of para-hydroxylation sites is 1. The van der Waals surface area contributed by atoms with Crippen LogP contribution in [0.3, 0.4) is 0 Å². The number of aliphatic carboxylic acids is 1. The number of nitrogens with one attached hydrogen (secondary N) is 1. The maximum absolute atomic E-state index is 12.4. The molecule has 21 heavy (non-hydrogen) atoms.